The van der Waals surface area contributed by atoms with Crippen LogP contribution in [0.1, 0.15) is 0 Å². The number of hydrogen-bond donors (Lipinski definition) is 0. The molecule has 4 nitrogen and oxygen atoms in total. The fourth-order valence-electron chi connectivity index (χ4n) is 0.461. The Labute approximate surface area is 62.0 Å². The molecule has 0 aromatic carbocycles. The maximum absolute atomic E-state index is 11.1. The van der Waals surface area contributed by atoms with Crippen LogP contribution < -0.4 is 0 Å². The molecule has 0 spiro atoms. The summed E-state index contributed by atoms with van der Waals surface area (Å²) < 4.78 is 0. The second-order valence-corrected chi connectivity index (χ2v) is 2.55. The van der Waals surface area contributed by atoms with Crippen LogP contribution in [0.2, 0.25) is 0 Å². The second kappa shape index (κ2) is 3.41. The van der Waals surface area contributed by atoms with Crippen molar-refractivity contribution in [3.8, 4) is 0 Å². The lowest BCUT2D eigenvalue weighted by molar-refractivity contribution is 0.0714. The number of rotatable bonds is 1. The molecule has 0 fully saturated rings. The Kier molecular flexibility index (Phi) is 3.15. The zero-order valence-electron chi connectivity index (χ0n) is 7.25. The largest absolute Gasteiger partial charge is 0.333 e. The Morgan fingerprint density at radius 2 is 1.40 bits per heavy atom. The van der Waals surface area contributed by atoms with E-state index in [1.54, 1.807) is 26.2 Å². The topological polar surface area (TPSA) is 26.8 Å². The van der Waals surface area contributed by atoms with Gasteiger partial charge in [0.05, 0.1) is 0 Å². The third-order valence-electron chi connectivity index (χ3n) is 1.26. The lowest BCUT2D eigenvalue weighted by atomic mass is 10.8. The van der Waals surface area contributed by atoms with Crippen LogP contribution in [0.25, 0.3) is 0 Å². The first kappa shape index (κ1) is 9.23. The molecule has 2 amide bonds. The van der Waals surface area contributed by atoms with Gasteiger partial charge in [0.2, 0.25) is 0 Å². The van der Waals surface area contributed by atoms with E-state index in [1.165, 1.54) is 9.91 Å². The molecule has 0 aromatic heterocycles. The minimum atomic E-state index is -0.0231. The summed E-state index contributed by atoms with van der Waals surface area (Å²) in [7, 11) is 8.82. The molecule has 10 heavy (non-hydrogen) atoms. The van der Waals surface area contributed by atoms with Gasteiger partial charge in [0, 0.05) is 35.2 Å². The van der Waals surface area contributed by atoms with Crippen LogP contribution in [0.3, 0.4) is 0 Å². The predicted octanol–water partition coefficient (Wildman–Crippen LogP) is 0.0764. The summed E-state index contributed by atoms with van der Waals surface area (Å²) in [6, 6.07) is -0.0231. The molecule has 0 saturated carbocycles. The van der Waals surface area contributed by atoms with Crippen molar-refractivity contribution in [1.29, 1.82) is 0 Å². The van der Waals surface area contributed by atoms with Gasteiger partial charge < -0.3 is 4.90 Å². The van der Waals surface area contributed by atoms with Gasteiger partial charge in [-0.1, -0.05) is 0 Å². The van der Waals surface area contributed by atoms with Crippen LogP contribution >= 0.6 is 0 Å². The van der Waals surface area contributed by atoms with E-state index in [2.05, 4.69) is 0 Å². The SMILES string of the molecule is CN(C)C(=O)N(C)N(C)C. The van der Waals surface area contributed by atoms with E-state index in [4.69, 9.17) is 0 Å². The number of carbonyl (C=O) groups excluding carboxylic acids is 1. The molecule has 0 radical (unpaired) electrons. The molecule has 0 aliphatic heterocycles. The van der Waals surface area contributed by atoms with Crippen molar-refractivity contribution < 1.29 is 4.79 Å². The first-order chi connectivity index (χ1) is 4.46. The molecule has 0 saturated heterocycles. The summed E-state index contributed by atoms with van der Waals surface area (Å²) in [5, 5.41) is 3.25. The number of urea groups is 1. The smallest absolute Gasteiger partial charge is 0.330 e. The van der Waals surface area contributed by atoms with Crippen molar-refractivity contribution in [2.24, 2.45) is 0 Å². The highest BCUT2D eigenvalue weighted by atomic mass is 16.2. The van der Waals surface area contributed by atoms with Gasteiger partial charge in [-0.25, -0.2) is 9.80 Å². The molecule has 4 heteroatoms. The summed E-state index contributed by atoms with van der Waals surface area (Å²) >= 11 is 0. The van der Waals surface area contributed by atoms with E-state index >= 15 is 0 Å². The molecule has 0 aromatic rings. The molecule has 0 rings (SSSR count). The highest BCUT2D eigenvalue weighted by Gasteiger charge is 2.10. The normalized spacial score (nSPS) is 9.80. The van der Waals surface area contributed by atoms with Gasteiger partial charge in [-0.15, -0.1) is 0 Å². The van der Waals surface area contributed by atoms with Crippen molar-refractivity contribution in [2.45, 2.75) is 0 Å². The Hall–Kier alpha value is -0.770. The van der Waals surface area contributed by atoms with Crippen LogP contribution in [0.5, 0.6) is 0 Å². The summed E-state index contributed by atoms with van der Waals surface area (Å²) in [6.45, 7) is 0. The quantitative estimate of drug-likeness (QED) is 0.488. The highest BCUT2D eigenvalue weighted by molar-refractivity contribution is 5.72. The molecule has 0 heterocycles. The molecular weight excluding hydrogens is 130 g/mol. The van der Waals surface area contributed by atoms with E-state index in [9.17, 15) is 4.79 Å². The maximum atomic E-state index is 11.1. The Morgan fingerprint density at radius 3 is 1.50 bits per heavy atom. The summed E-state index contributed by atoms with van der Waals surface area (Å²) in [4.78, 5) is 12.6. The third-order valence-corrected chi connectivity index (χ3v) is 1.26. The Balaban J connectivity index is 3.95. The van der Waals surface area contributed by atoms with Gasteiger partial charge in [-0.05, 0) is 0 Å². The van der Waals surface area contributed by atoms with Crippen molar-refractivity contribution in [1.82, 2.24) is 14.9 Å². The molecule has 0 aliphatic carbocycles. The average molecular weight is 145 g/mol. The minimum Gasteiger partial charge on any atom is -0.330 e. The van der Waals surface area contributed by atoms with Gasteiger partial charge in [-0.3, -0.25) is 5.01 Å². The van der Waals surface area contributed by atoms with Crippen LogP contribution in [-0.4, -0.2) is 56.2 Å². The molecular formula is C6H15N3O. The molecule has 0 unspecified atom stereocenters. The van der Waals surface area contributed by atoms with Crippen LogP contribution in [0.15, 0.2) is 0 Å². The van der Waals surface area contributed by atoms with Crippen LogP contribution in [-0.2, 0) is 0 Å². The third kappa shape index (κ3) is 2.23. The van der Waals surface area contributed by atoms with E-state index in [1.807, 2.05) is 14.1 Å². The van der Waals surface area contributed by atoms with E-state index in [0.717, 1.165) is 0 Å². The van der Waals surface area contributed by atoms with Gasteiger partial charge in [-0.2, -0.15) is 0 Å². The van der Waals surface area contributed by atoms with Crippen molar-refractivity contribution in [2.75, 3.05) is 35.2 Å². The summed E-state index contributed by atoms with van der Waals surface area (Å²) in [5.41, 5.74) is 0. The van der Waals surface area contributed by atoms with Crippen LogP contribution in [0, 0.1) is 0 Å². The van der Waals surface area contributed by atoms with Crippen LogP contribution in [0.4, 0.5) is 4.79 Å². The zero-order chi connectivity index (χ0) is 8.31. The molecule has 0 bridgehead atoms. The van der Waals surface area contributed by atoms with Gasteiger partial charge in [0.15, 0.2) is 0 Å². The lowest BCUT2D eigenvalue weighted by Crippen LogP contribution is -2.44. The maximum Gasteiger partial charge on any atom is 0.333 e. The molecule has 0 N–H and O–H groups in total. The second-order valence-electron chi connectivity index (χ2n) is 2.55. The van der Waals surface area contributed by atoms with Gasteiger partial charge in [0.25, 0.3) is 0 Å². The van der Waals surface area contributed by atoms with Crippen molar-refractivity contribution in [3.63, 3.8) is 0 Å². The first-order valence-corrected chi connectivity index (χ1v) is 3.09. The number of hydrazine groups is 1. The van der Waals surface area contributed by atoms with E-state index in [0.29, 0.717) is 0 Å². The minimum absolute atomic E-state index is 0.0231. The van der Waals surface area contributed by atoms with E-state index < -0.39 is 0 Å². The lowest BCUT2D eigenvalue weighted by Gasteiger charge is -2.27. The Morgan fingerprint density at radius 1 is 1.00 bits per heavy atom. The van der Waals surface area contributed by atoms with Gasteiger partial charge in [0.1, 0.15) is 0 Å². The summed E-state index contributed by atoms with van der Waals surface area (Å²) in [6.07, 6.45) is 0. The number of carbonyl (C=O) groups is 1. The Bertz CT molecular complexity index is 122. The predicted molar refractivity (Wildman–Crippen MR) is 40.5 cm³/mol. The fraction of sp³-hybridized carbons (Fsp3) is 0.833. The zero-order valence-corrected chi connectivity index (χ0v) is 7.25. The first-order valence-electron chi connectivity index (χ1n) is 3.09. The van der Waals surface area contributed by atoms with Crippen molar-refractivity contribution in [3.05, 3.63) is 0 Å². The fourth-order valence-corrected chi connectivity index (χ4v) is 0.461. The molecule has 0 atom stereocenters. The van der Waals surface area contributed by atoms with Crippen molar-refractivity contribution >= 4 is 6.03 Å². The number of amides is 2. The van der Waals surface area contributed by atoms with Gasteiger partial charge >= 0.3 is 6.03 Å². The average Bonchev–Trinajstić information content (AvgIpc) is 1.84. The van der Waals surface area contributed by atoms with E-state index in [-0.39, 0.29) is 6.03 Å². The molecule has 60 valence electrons. The number of hydrogen-bond acceptors (Lipinski definition) is 2. The monoisotopic (exact) mass is 145 g/mol. The summed E-state index contributed by atoms with van der Waals surface area (Å²) in [5.74, 6) is 0. The highest BCUT2D eigenvalue weighted by Crippen LogP contribution is 1.91. The number of nitrogens with zero attached hydrogens (tertiary/aromatic N) is 3. The molecule has 0 aliphatic rings. The standard InChI is InChI=1S/C6H15N3O/c1-7(2)6(10)9(5)8(3)4/h1-5H3.